The molecule has 3 nitrogen and oxygen atoms in total. The second-order valence-electron chi connectivity index (χ2n) is 5.44. The molecule has 0 saturated heterocycles. The van der Waals surface area contributed by atoms with Crippen LogP contribution in [-0.2, 0) is 11.3 Å². The molecule has 0 bridgehead atoms. The van der Waals surface area contributed by atoms with Gasteiger partial charge in [-0.05, 0) is 44.5 Å². The van der Waals surface area contributed by atoms with Crippen molar-refractivity contribution < 1.29 is 9.18 Å². The zero-order valence-corrected chi connectivity index (χ0v) is 13.1. The van der Waals surface area contributed by atoms with E-state index in [2.05, 4.69) is 47.3 Å². The lowest BCUT2D eigenvalue weighted by atomic mass is 10.1. The molecule has 1 aromatic carbocycles. The Morgan fingerprint density at radius 2 is 2.05 bits per heavy atom. The molecule has 2 N–H and O–H groups in total. The average molecular weight is 331 g/mol. The Labute approximate surface area is 122 Å². The third-order valence-electron chi connectivity index (χ3n) is 2.49. The maximum absolute atomic E-state index is 13.1. The number of rotatable bonds is 5. The first kappa shape index (κ1) is 16.1. The van der Waals surface area contributed by atoms with Crippen LogP contribution in [0.2, 0.25) is 0 Å². The van der Waals surface area contributed by atoms with Gasteiger partial charge >= 0.3 is 0 Å². The third kappa shape index (κ3) is 6.68. The van der Waals surface area contributed by atoms with E-state index in [1.807, 2.05) is 0 Å². The van der Waals surface area contributed by atoms with E-state index in [0.29, 0.717) is 19.5 Å². The van der Waals surface area contributed by atoms with Crippen LogP contribution in [0.25, 0.3) is 0 Å². The maximum Gasteiger partial charge on any atom is 0.221 e. The van der Waals surface area contributed by atoms with Crippen molar-refractivity contribution in [3.05, 3.63) is 34.1 Å². The monoisotopic (exact) mass is 330 g/mol. The number of amides is 1. The Balaban J connectivity index is 2.36. The van der Waals surface area contributed by atoms with Gasteiger partial charge in [-0.2, -0.15) is 0 Å². The smallest absolute Gasteiger partial charge is 0.221 e. The van der Waals surface area contributed by atoms with Crippen LogP contribution < -0.4 is 10.6 Å². The van der Waals surface area contributed by atoms with Crippen molar-refractivity contribution >= 4 is 21.8 Å². The topological polar surface area (TPSA) is 41.1 Å². The lowest BCUT2D eigenvalue weighted by Gasteiger charge is -2.20. The molecular formula is C14H20BrFN2O. The summed E-state index contributed by atoms with van der Waals surface area (Å²) >= 11 is 3.33. The summed E-state index contributed by atoms with van der Waals surface area (Å²) in [6, 6.07) is 4.43. The molecule has 0 radical (unpaired) electrons. The molecule has 0 saturated carbocycles. The number of carbonyl (C=O) groups is 1. The van der Waals surface area contributed by atoms with E-state index in [4.69, 9.17) is 0 Å². The molecule has 0 aliphatic heterocycles. The maximum atomic E-state index is 13.1. The number of hydrogen-bond acceptors (Lipinski definition) is 2. The van der Waals surface area contributed by atoms with Crippen molar-refractivity contribution in [1.29, 1.82) is 0 Å². The van der Waals surface area contributed by atoms with Gasteiger partial charge in [-0.3, -0.25) is 4.79 Å². The van der Waals surface area contributed by atoms with E-state index in [0.717, 1.165) is 10.0 Å². The molecular weight excluding hydrogens is 311 g/mol. The van der Waals surface area contributed by atoms with E-state index in [1.165, 1.54) is 12.1 Å². The predicted molar refractivity (Wildman–Crippen MR) is 78.3 cm³/mol. The second-order valence-corrected chi connectivity index (χ2v) is 6.29. The summed E-state index contributed by atoms with van der Waals surface area (Å²) in [4.78, 5) is 11.6. The Morgan fingerprint density at radius 1 is 1.37 bits per heavy atom. The lowest BCUT2D eigenvalue weighted by Crippen LogP contribution is -2.38. The summed E-state index contributed by atoms with van der Waals surface area (Å²) in [5.74, 6) is -0.352. The van der Waals surface area contributed by atoms with E-state index < -0.39 is 0 Å². The minimum Gasteiger partial charge on any atom is -0.352 e. The fourth-order valence-electron chi connectivity index (χ4n) is 1.51. The minimum atomic E-state index is -0.304. The van der Waals surface area contributed by atoms with Crippen LogP contribution in [0.4, 0.5) is 4.39 Å². The van der Waals surface area contributed by atoms with Crippen molar-refractivity contribution in [2.75, 3.05) is 6.54 Å². The molecule has 5 heteroatoms. The van der Waals surface area contributed by atoms with Crippen molar-refractivity contribution in [1.82, 2.24) is 10.6 Å². The van der Waals surface area contributed by atoms with E-state index in [9.17, 15) is 9.18 Å². The highest BCUT2D eigenvalue weighted by atomic mass is 79.9. The summed E-state index contributed by atoms with van der Waals surface area (Å²) in [6.07, 6.45) is 0.407. The first-order valence-electron chi connectivity index (χ1n) is 6.23. The molecule has 0 aromatic heterocycles. The van der Waals surface area contributed by atoms with Gasteiger partial charge in [0.1, 0.15) is 5.82 Å². The molecule has 1 rings (SSSR count). The first-order chi connectivity index (χ1) is 8.78. The van der Waals surface area contributed by atoms with Gasteiger partial charge in [-0.25, -0.2) is 4.39 Å². The largest absolute Gasteiger partial charge is 0.352 e. The second kappa shape index (κ2) is 7.01. The van der Waals surface area contributed by atoms with Crippen molar-refractivity contribution in [3.63, 3.8) is 0 Å². The predicted octanol–water partition coefficient (Wildman–Crippen LogP) is 2.98. The molecule has 1 amide bonds. The van der Waals surface area contributed by atoms with Gasteiger partial charge in [-0.1, -0.05) is 15.9 Å². The van der Waals surface area contributed by atoms with Crippen LogP contribution in [0.15, 0.2) is 22.7 Å². The van der Waals surface area contributed by atoms with Crippen LogP contribution in [0, 0.1) is 5.82 Å². The van der Waals surface area contributed by atoms with Crippen molar-refractivity contribution in [2.45, 2.75) is 39.3 Å². The molecule has 0 fully saturated rings. The highest BCUT2D eigenvalue weighted by molar-refractivity contribution is 9.10. The Morgan fingerprint density at radius 3 is 2.68 bits per heavy atom. The number of benzene rings is 1. The summed E-state index contributed by atoms with van der Waals surface area (Å²) in [5, 5.41) is 6.02. The van der Waals surface area contributed by atoms with Gasteiger partial charge in [0.25, 0.3) is 0 Å². The SMILES string of the molecule is CC(C)(C)NCCC(=O)NCc1cc(F)ccc1Br. The number of nitrogens with one attached hydrogen (secondary N) is 2. The molecule has 106 valence electrons. The standard InChI is InChI=1S/C14H20BrFN2O/c1-14(2,3)18-7-6-13(19)17-9-10-8-11(16)4-5-12(10)15/h4-5,8,18H,6-7,9H2,1-3H3,(H,17,19). The number of halogens is 2. The van der Waals surface area contributed by atoms with Crippen LogP contribution in [-0.4, -0.2) is 18.0 Å². The zero-order chi connectivity index (χ0) is 14.5. The summed E-state index contributed by atoms with van der Waals surface area (Å²) in [7, 11) is 0. The zero-order valence-electron chi connectivity index (χ0n) is 11.5. The van der Waals surface area contributed by atoms with Gasteiger partial charge < -0.3 is 10.6 Å². The average Bonchev–Trinajstić information content (AvgIpc) is 2.28. The Kier molecular flexibility index (Phi) is 5.94. The number of carbonyl (C=O) groups excluding carboxylic acids is 1. The minimum absolute atomic E-state index is 0.00582. The summed E-state index contributed by atoms with van der Waals surface area (Å²) in [6.45, 7) is 7.10. The molecule has 0 unspecified atom stereocenters. The molecule has 1 aromatic rings. The molecule has 0 heterocycles. The molecule has 0 spiro atoms. The number of hydrogen-bond donors (Lipinski definition) is 2. The third-order valence-corrected chi connectivity index (χ3v) is 3.26. The van der Waals surface area contributed by atoms with E-state index >= 15 is 0 Å². The molecule has 0 atom stereocenters. The first-order valence-corrected chi connectivity index (χ1v) is 7.03. The fraction of sp³-hybridized carbons (Fsp3) is 0.500. The molecule has 0 aliphatic rings. The molecule has 0 aliphatic carbocycles. The van der Waals surface area contributed by atoms with Gasteiger partial charge in [0, 0.05) is 29.5 Å². The fourth-order valence-corrected chi connectivity index (χ4v) is 1.90. The lowest BCUT2D eigenvalue weighted by molar-refractivity contribution is -0.121. The van der Waals surface area contributed by atoms with Gasteiger partial charge in [0.2, 0.25) is 5.91 Å². The van der Waals surface area contributed by atoms with Gasteiger partial charge in [-0.15, -0.1) is 0 Å². The van der Waals surface area contributed by atoms with E-state index in [1.54, 1.807) is 6.07 Å². The van der Waals surface area contributed by atoms with Crippen LogP contribution in [0.1, 0.15) is 32.8 Å². The highest BCUT2D eigenvalue weighted by Crippen LogP contribution is 2.17. The quantitative estimate of drug-likeness (QED) is 0.871. The Bertz CT molecular complexity index is 444. The van der Waals surface area contributed by atoms with Gasteiger partial charge in [0.15, 0.2) is 0 Å². The normalized spacial score (nSPS) is 11.4. The van der Waals surface area contributed by atoms with E-state index in [-0.39, 0.29) is 17.3 Å². The summed E-state index contributed by atoms with van der Waals surface area (Å²) < 4.78 is 13.9. The van der Waals surface area contributed by atoms with Crippen LogP contribution in [0.5, 0.6) is 0 Å². The summed E-state index contributed by atoms with van der Waals surface area (Å²) in [5.41, 5.74) is 0.739. The van der Waals surface area contributed by atoms with Crippen molar-refractivity contribution in [3.8, 4) is 0 Å². The Hall–Kier alpha value is -0.940. The van der Waals surface area contributed by atoms with Gasteiger partial charge in [0.05, 0.1) is 0 Å². The van der Waals surface area contributed by atoms with Crippen LogP contribution in [0.3, 0.4) is 0 Å². The highest BCUT2D eigenvalue weighted by Gasteiger charge is 2.10. The van der Waals surface area contributed by atoms with Crippen molar-refractivity contribution in [2.24, 2.45) is 0 Å². The van der Waals surface area contributed by atoms with Crippen LogP contribution >= 0.6 is 15.9 Å². The molecule has 19 heavy (non-hydrogen) atoms.